The van der Waals surface area contributed by atoms with Crippen LogP contribution in [0.3, 0.4) is 0 Å². The number of carbonyl (C=O) groups excluding carboxylic acids is 1. The number of furan rings is 1. The Hall–Kier alpha value is -3.02. The monoisotopic (exact) mass is 354 g/mol. The molecule has 3 aromatic rings. The Morgan fingerprint density at radius 2 is 1.81 bits per heavy atom. The molecule has 26 heavy (non-hydrogen) atoms. The summed E-state index contributed by atoms with van der Waals surface area (Å²) >= 11 is 0. The van der Waals surface area contributed by atoms with Crippen LogP contribution in [0, 0.1) is 20.8 Å². The highest BCUT2D eigenvalue weighted by molar-refractivity contribution is 6.04. The molecule has 6 nitrogen and oxygen atoms in total. The Balaban J connectivity index is 2.16. The molecule has 0 aliphatic carbocycles. The van der Waals surface area contributed by atoms with E-state index in [9.17, 15) is 4.79 Å². The normalized spacial score (nSPS) is 11.0. The third-order valence-corrected chi connectivity index (χ3v) is 4.32. The fourth-order valence-corrected chi connectivity index (χ4v) is 3.23. The summed E-state index contributed by atoms with van der Waals surface area (Å²) in [5.74, 6) is 0.273. The van der Waals surface area contributed by atoms with E-state index in [-0.39, 0.29) is 18.1 Å². The van der Waals surface area contributed by atoms with Crippen molar-refractivity contribution in [2.75, 3.05) is 19.5 Å². The van der Waals surface area contributed by atoms with Gasteiger partial charge in [-0.1, -0.05) is 0 Å². The van der Waals surface area contributed by atoms with Crippen molar-refractivity contribution in [2.45, 2.75) is 27.7 Å². The molecule has 2 heterocycles. The summed E-state index contributed by atoms with van der Waals surface area (Å²) in [6, 6.07) is 5.96. The topological polar surface area (TPSA) is 87.6 Å². The number of esters is 1. The summed E-state index contributed by atoms with van der Waals surface area (Å²) in [5.41, 5.74) is 11.3. The summed E-state index contributed by atoms with van der Waals surface area (Å²) in [4.78, 5) is 16.6. The first kappa shape index (κ1) is 17.8. The second-order valence-electron chi connectivity index (χ2n) is 6.21. The third kappa shape index (κ3) is 2.87. The molecule has 2 N–H and O–H groups in total. The number of anilines is 1. The zero-order valence-corrected chi connectivity index (χ0v) is 15.6. The number of pyridine rings is 1. The van der Waals surface area contributed by atoms with Crippen molar-refractivity contribution in [3.8, 4) is 17.0 Å². The number of fused-ring (bicyclic) bond motifs is 1. The lowest BCUT2D eigenvalue weighted by Gasteiger charge is -2.11. The van der Waals surface area contributed by atoms with E-state index in [4.69, 9.17) is 19.6 Å². The Morgan fingerprint density at radius 3 is 2.38 bits per heavy atom. The number of hydrogen-bond donors (Lipinski definition) is 1. The molecule has 0 atom stereocenters. The highest BCUT2D eigenvalue weighted by Crippen LogP contribution is 2.35. The number of aromatic nitrogens is 1. The molecule has 0 saturated heterocycles. The van der Waals surface area contributed by atoms with Crippen LogP contribution in [0.4, 0.5) is 5.69 Å². The first-order valence-electron chi connectivity index (χ1n) is 8.39. The quantitative estimate of drug-likeness (QED) is 0.707. The SMILES string of the molecule is CCOC(=O)c1oc2nc(-c3cc(C)c(OC)c(C)c3)cc(C)c2c1N. The standard InChI is InChI=1S/C20H22N2O4/c1-6-25-20(23)18-16(21)15-10(2)9-14(22-19(15)26-18)13-7-11(3)17(24-5)12(4)8-13/h7-9H,6,21H2,1-5H3. The van der Waals surface area contributed by atoms with Gasteiger partial charge in [-0.2, -0.15) is 0 Å². The van der Waals surface area contributed by atoms with E-state index < -0.39 is 5.97 Å². The molecule has 3 rings (SSSR count). The minimum atomic E-state index is -0.583. The van der Waals surface area contributed by atoms with E-state index in [1.807, 2.05) is 39.0 Å². The van der Waals surface area contributed by atoms with Crippen LogP contribution in [0.1, 0.15) is 34.2 Å². The van der Waals surface area contributed by atoms with Gasteiger partial charge in [0.2, 0.25) is 11.5 Å². The van der Waals surface area contributed by atoms with E-state index in [1.54, 1.807) is 14.0 Å². The lowest BCUT2D eigenvalue weighted by Crippen LogP contribution is -2.05. The van der Waals surface area contributed by atoms with E-state index >= 15 is 0 Å². The largest absolute Gasteiger partial charge is 0.496 e. The van der Waals surface area contributed by atoms with Crippen LogP contribution in [0.25, 0.3) is 22.4 Å². The molecule has 2 aromatic heterocycles. The molecule has 0 saturated carbocycles. The van der Waals surface area contributed by atoms with Crippen LogP contribution in [0.15, 0.2) is 22.6 Å². The van der Waals surface area contributed by atoms with Crippen LogP contribution in [-0.4, -0.2) is 24.7 Å². The Morgan fingerprint density at radius 1 is 1.15 bits per heavy atom. The van der Waals surface area contributed by atoms with Gasteiger partial charge in [0.15, 0.2) is 0 Å². The summed E-state index contributed by atoms with van der Waals surface area (Å²) in [7, 11) is 1.66. The molecule has 0 bridgehead atoms. The number of nitrogens with two attached hydrogens (primary N) is 1. The number of hydrogen-bond acceptors (Lipinski definition) is 6. The fraction of sp³-hybridized carbons (Fsp3) is 0.300. The average Bonchev–Trinajstić information content (AvgIpc) is 2.92. The van der Waals surface area contributed by atoms with E-state index in [0.717, 1.165) is 33.7 Å². The van der Waals surface area contributed by atoms with Gasteiger partial charge in [0.25, 0.3) is 0 Å². The van der Waals surface area contributed by atoms with Crippen molar-refractivity contribution in [1.29, 1.82) is 0 Å². The van der Waals surface area contributed by atoms with Crippen LogP contribution in [0.5, 0.6) is 5.75 Å². The average molecular weight is 354 g/mol. The first-order chi connectivity index (χ1) is 12.4. The minimum absolute atomic E-state index is 0.00306. The van der Waals surface area contributed by atoms with Crippen molar-refractivity contribution in [3.63, 3.8) is 0 Å². The number of nitrogen functional groups attached to an aromatic ring is 1. The van der Waals surface area contributed by atoms with Gasteiger partial charge in [0, 0.05) is 5.56 Å². The lowest BCUT2D eigenvalue weighted by molar-refractivity contribution is 0.0494. The predicted molar refractivity (Wildman–Crippen MR) is 101 cm³/mol. The molecule has 0 amide bonds. The number of carbonyl (C=O) groups is 1. The van der Waals surface area contributed by atoms with Gasteiger partial charge in [-0.15, -0.1) is 0 Å². The maximum atomic E-state index is 12.0. The molecule has 0 aliphatic heterocycles. The fourth-order valence-electron chi connectivity index (χ4n) is 3.23. The summed E-state index contributed by atoms with van der Waals surface area (Å²) in [5, 5.41) is 0.638. The van der Waals surface area contributed by atoms with Gasteiger partial charge in [-0.05, 0) is 62.6 Å². The molecule has 6 heteroatoms. The van der Waals surface area contributed by atoms with Crippen molar-refractivity contribution < 1.29 is 18.7 Å². The Labute approximate surface area is 151 Å². The zero-order valence-electron chi connectivity index (χ0n) is 15.6. The highest BCUT2D eigenvalue weighted by atomic mass is 16.5. The lowest BCUT2D eigenvalue weighted by atomic mass is 10.0. The van der Waals surface area contributed by atoms with Crippen LogP contribution >= 0.6 is 0 Å². The van der Waals surface area contributed by atoms with Gasteiger partial charge < -0.3 is 19.6 Å². The molecule has 0 radical (unpaired) electrons. The van der Waals surface area contributed by atoms with Crippen molar-refractivity contribution in [2.24, 2.45) is 0 Å². The summed E-state index contributed by atoms with van der Waals surface area (Å²) in [6.07, 6.45) is 0. The molecule has 0 spiro atoms. The van der Waals surface area contributed by atoms with Crippen LogP contribution in [0.2, 0.25) is 0 Å². The molecular weight excluding hydrogens is 332 g/mol. The number of benzene rings is 1. The van der Waals surface area contributed by atoms with Crippen molar-refractivity contribution in [3.05, 3.63) is 40.6 Å². The molecule has 0 fully saturated rings. The molecule has 0 aliphatic rings. The minimum Gasteiger partial charge on any atom is -0.496 e. The van der Waals surface area contributed by atoms with Gasteiger partial charge in [0.1, 0.15) is 5.75 Å². The second-order valence-corrected chi connectivity index (χ2v) is 6.21. The van der Waals surface area contributed by atoms with Gasteiger partial charge in [0.05, 0.1) is 30.5 Å². The molecule has 136 valence electrons. The van der Waals surface area contributed by atoms with Gasteiger partial charge in [-0.25, -0.2) is 9.78 Å². The maximum absolute atomic E-state index is 12.0. The first-order valence-corrected chi connectivity index (χ1v) is 8.39. The van der Waals surface area contributed by atoms with Gasteiger partial charge >= 0.3 is 5.97 Å². The number of ether oxygens (including phenoxy) is 2. The summed E-state index contributed by atoms with van der Waals surface area (Å²) in [6.45, 7) is 7.87. The van der Waals surface area contributed by atoms with Crippen LogP contribution in [-0.2, 0) is 4.74 Å². The Kier molecular flexibility index (Phi) is 4.59. The second kappa shape index (κ2) is 6.71. The van der Waals surface area contributed by atoms with E-state index in [1.165, 1.54) is 0 Å². The van der Waals surface area contributed by atoms with Crippen molar-refractivity contribution >= 4 is 22.8 Å². The summed E-state index contributed by atoms with van der Waals surface area (Å²) < 4.78 is 16.0. The van der Waals surface area contributed by atoms with E-state index in [0.29, 0.717) is 11.1 Å². The highest BCUT2D eigenvalue weighted by Gasteiger charge is 2.22. The molecule has 0 unspecified atom stereocenters. The van der Waals surface area contributed by atoms with E-state index in [2.05, 4.69) is 4.98 Å². The number of rotatable bonds is 4. The number of aryl methyl sites for hydroxylation is 3. The number of methoxy groups -OCH3 is 1. The Bertz CT molecular complexity index is 982. The molecular formula is C20H22N2O4. The van der Waals surface area contributed by atoms with Crippen LogP contribution < -0.4 is 10.5 Å². The predicted octanol–water partition coefficient (Wildman–Crippen LogP) is 4.19. The van der Waals surface area contributed by atoms with Crippen molar-refractivity contribution in [1.82, 2.24) is 4.98 Å². The smallest absolute Gasteiger partial charge is 0.376 e. The maximum Gasteiger partial charge on any atom is 0.376 e. The zero-order chi connectivity index (χ0) is 19.0. The third-order valence-electron chi connectivity index (χ3n) is 4.32. The molecule has 1 aromatic carbocycles. The van der Waals surface area contributed by atoms with Gasteiger partial charge in [-0.3, -0.25) is 0 Å². The number of nitrogens with zero attached hydrogens (tertiary/aromatic N) is 1.